The van der Waals surface area contributed by atoms with E-state index in [9.17, 15) is 39.3 Å². The maximum absolute atomic E-state index is 13.0. The Bertz CT molecular complexity index is 935. The fourth-order valence-corrected chi connectivity index (χ4v) is 3.24. The van der Waals surface area contributed by atoms with Crippen LogP contribution in [0.15, 0.2) is 24.3 Å². The van der Waals surface area contributed by atoms with Crippen LogP contribution in [0.2, 0.25) is 0 Å². The van der Waals surface area contributed by atoms with Gasteiger partial charge in [0.25, 0.3) is 0 Å². The highest BCUT2D eigenvalue weighted by Gasteiger charge is 2.33. The van der Waals surface area contributed by atoms with E-state index in [2.05, 4.69) is 16.0 Å². The zero-order chi connectivity index (χ0) is 27.6. The van der Waals surface area contributed by atoms with Gasteiger partial charge in [0.05, 0.1) is 12.5 Å². The van der Waals surface area contributed by atoms with Gasteiger partial charge >= 0.3 is 11.9 Å². The highest BCUT2D eigenvalue weighted by molar-refractivity contribution is 5.95. The Balaban J connectivity index is 3.06. The summed E-state index contributed by atoms with van der Waals surface area (Å²) < 4.78 is 0. The predicted octanol–water partition coefficient (Wildman–Crippen LogP) is -0.0222. The second kappa shape index (κ2) is 14.0. The lowest BCUT2D eigenvalue weighted by Crippen LogP contribution is -2.59. The van der Waals surface area contributed by atoms with E-state index in [4.69, 9.17) is 5.73 Å². The number of hydrogen-bond acceptors (Lipinski definition) is 7. The first-order valence-corrected chi connectivity index (χ1v) is 11.7. The van der Waals surface area contributed by atoms with Gasteiger partial charge in [0, 0.05) is 6.42 Å². The lowest BCUT2D eigenvalue weighted by Gasteiger charge is -2.28. The second-order valence-electron chi connectivity index (χ2n) is 9.07. The summed E-state index contributed by atoms with van der Waals surface area (Å²) >= 11 is 0. The lowest BCUT2D eigenvalue weighted by molar-refractivity contribution is -0.143. The summed E-state index contributed by atoms with van der Waals surface area (Å²) in [7, 11) is 0. The number of rotatable bonds is 14. The molecule has 5 unspecified atom stereocenters. The summed E-state index contributed by atoms with van der Waals surface area (Å²) in [6.07, 6.45) is -0.384. The van der Waals surface area contributed by atoms with Gasteiger partial charge in [-0.05, 0) is 29.5 Å². The fourth-order valence-electron chi connectivity index (χ4n) is 3.24. The van der Waals surface area contributed by atoms with E-state index in [1.807, 2.05) is 0 Å². The standard InChI is InChI=1S/C24H36N4O8/c1-5-13(4)20(23(34)27-17(24(35)36)10-14-6-8-15(29)9-7-14)28-21(32)16(11-18(30)31)26-22(33)19(25)12(2)3/h6-9,12-13,16-17,19-20,29H,5,10-11,25H2,1-4H3,(H,26,33)(H,27,34)(H,28,32)(H,30,31)(H,35,36). The number of aromatic hydroxyl groups is 1. The van der Waals surface area contributed by atoms with Crippen LogP contribution in [0, 0.1) is 11.8 Å². The number of nitrogens with one attached hydrogen (secondary N) is 3. The van der Waals surface area contributed by atoms with Crippen LogP contribution >= 0.6 is 0 Å². The van der Waals surface area contributed by atoms with Gasteiger partial charge in [-0.15, -0.1) is 0 Å². The number of carboxylic acid groups (broad SMARTS) is 2. The van der Waals surface area contributed by atoms with Crippen LogP contribution in [0.5, 0.6) is 5.75 Å². The fraction of sp³-hybridized carbons (Fsp3) is 0.542. The van der Waals surface area contributed by atoms with E-state index in [0.717, 1.165) is 0 Å². The molecule has 12 nitrogen and oxygen atoms in total. The molecule has 0 fully saturated rings. The Morgan fingerprint density at radius 2 is 1.42 bits per heavy atom. The number of amides is 3. The molecule has 3 amide bonds. The number of hydrogen-bond donors (Lipinski definition) is 7. The molecule has 200 valence electrons. The van der Waals surface area contributed by atoms with Gasteiger partial charge in [-0.25, -0.2) is 4.79 Å². The molecule has 0 radical (unpaired) electrons. The first-order chi connectivity index (χ1) is 16.8. The van der Waals surface area contributed by atoms with Crippen molar-refractivity contribution in [3.8, 4) is 5.75 Å². The molecule has 0 aliphatic rings. The third kappa shape index (κ3) is 9.53. The Kier molecular flexibility index (Phi) is 11.8. The van der Waals surface area contributed by atoms with Crippen molar-refractivity contribution in [3.05, 3.63) is 29.8 Å². The second-order valence-corrected chi connectivity index (χ2v) is 9.07. The topological polar surface area (TPSA) is 208 Å². The van der Waals surface area contributed by atoms with E-state index in [1.165, 1.54) is 24.3 Å². The van der Waals surface area contributed by atoms with E-state index in [-0.39, 0.29) is 18.1 Å². The molecule has 0 saturated carbocycles. The zero-order valence-corrected chi connectivity index (χ0v) is 20.9. The quantitative estimate of drug-likeness (QED) is 0.180. The smallest absolute Gasteiger partial charge is 0.326 e. The van der Waals surface area contributed by atoms with Crippen LogP contribution in [0.25, 0.3) is 0 Å². The number of aliphatic carboxylic acids is 2. The summed E-state index contributed by atoms with van der Waals surface area (Å²) in [4.78, 5) is 61.4. The van der Waals surface area contributed by atoms with E-state index >= 15 is 0 Å². The van der Waals surface area contributed by atoms with Gasteiger partial charge in [0.15, 0.2) is 0 Å². The van der Waals surface area contributed by atoms with Crippen molar-refractivity contribution in [2.24, 2.45) is 17.6 Å². The summed E-state index contributed by atoms with van der Waals surface area (Å²) in [6, 6.07) is 0.824. The van der Waals surface area contributed by atoms with Gasteiger partial charge in [0.1, 0.15) is 23.9 Å². The van der Waals surface area contributed by atoms with Gasteiger partial charge < -0.3 is 37.0 Å². The number of carboxylic acids is 2. The number of nitrogens with two attached hydrogens (primary N) is 1. The normalized spacial score (nSPS) is 15.2. The molecule has 0 spiro atoms. The van der Waals surface area contributed by atoms with E-state index in [0.29, 0.717) is 12.0 Å². The Labute approximate surface area is 209 Å². The molecule has 12 heteroatoms. The highest BCUT2D eigenvalue weighted by Crippen LogP contribution is 2.13. The largest absolute Gasteiger partial charge is 0.508 e. The molecule has 0 saturated heterocycles. The summed E-state index contributed by atoms with van der Waals surface area (Å²) in [5, 5.41) is 35.4. The van der Waals surface area contributed by atoms with Gasteiger partial charge in [-0.2, -0.15) is 0 Å². The Morgan fingerprint density at radius 3 is 1.89 bits per heavy atom. The van der Waals surface area contributed by atoms with Crippen molar-refractivity contribution in [2.75, 3.05) is 0 Å². The van der Waals surface area contributed by atoms with Crippen LogP contribution in [0.4, 0.5) is 0 Å². The SMILES string of the molecule is CCC(C)C(NC(=O)C(CC(=O)O)NC(=O)C(N)C(C)C)C(=O)NC(Cc1ccc(O)cc1)C(=O)O. The predicted molar refractivity (Wildman–Crippen MR) is 130 cm³/mol. The van der Waals surface area contributed by atoms with Crippen LogP contribution in [0.3, 0.4) is 0 Å². The van der Waals surface area contributed by atoms with Crippen molar-refractivity contribution >= 4 is 29.7 Å². The molecule has 36 heavy (non-hydrogen) atoms. The monoisotopic (exact) mass is 508 g/mol. The molecular formula is C24H36N4O8. The molecule has 1 aromatic carbocycles. The third-order valence-corrected chi connectivity index (χ3v) is 5.82. The van der Waals surface area contributed by atoms with E-state index in [1.54, 1.807) is 27.7 Å². The average molecular weight is 509 g/mol. The molecule has 0 aromatic heterocycles. The Hall–Kier alpha value is -3.67. The van der Waals surface area contributed by atoms with E-state index < -0.39 is 66.2 Å². The number of carbonyl (C=O) groups excluding carboxylic acids is 3. The highest BCUT2D eigenvalue weighted by atomic mass is 16.4. The zero-order valence-electron chi connectivity index (χ0n) is 20.9. The van der Waals surface area contributed by atoms with Crippen LogP contribution in [0.1, 0.15) is 46.1 Å². The van der Waals surface area contributed by atoms with Crippen molar-refractivity contribution in [1.82, 2.24) is 16.0 Å². The van der Waals surface area contributed by atoms with Crippen molar-refractivity contribution < 1.29 is 39.3 Å². The van der Waals surface area contributed by atoms with Gasteiger partial charge in [-0.1, -0.05) is 46.2 Å². The number of phenols is 1. The van der Waals surface area contributed by atoms with Gasteiger partial charge in [0.2, 0.25) is 17.7 Å². The molecule has 0 bridgehead atoms. The molecule has 8 N–H and O–H groups in total. The maximum atomic E-state index is 13.0. The maximum Gasteiger partial charge on any atom is 0.326 e. The molecule has 0 heterocycles. The lowest BCUT2D eigenvalue weighted by atomic mass is 9.96. The van der Waals surface area contributed by atoms with Crippen LogP contribution in [-0.4, -0.2) is 69.1 Å². The third-order valence-electron chi connectivity index (χ3n) is 5.82. The van der Waals surface area contributed by atoms with Crippen molar-refractivity contribution in [2.45, 2.75) is 71.1 Å². The van der Waals surface area contributed by atoms with Crippen LogP contribution in [-0.2, 0) is 30.4 Å². The number of benzene rings is 1. The molecule has 1 rings (SSSR count). The van der Waals surface area contributed by atoms with Crippen molar-refractivity contribution in [3.63, 3.8) is 0 Å². The molecule has 0 aliphatic heterocycles. The van der Waals surface area contributed by atoms with Gasteiger partial charge in [-0.3, -0.25) is 19.2 Å². The van der Waals surface area contributed by atoms with Crippen LogP contribution < -0.4 is 21.7 Å². The molecule has 5 atom stereocenters. The molecular weight excluding hydrogens is 472 g/mol. The molecule has 1 aromatic rings. The van der Waals surface area contributed by atoms with Crippen molar-refractivity contribution in [1.29, 1.82) is 0 Å². The number of carbonyl (C=O) groups is 5. The summed E-state index contributed by atoms with van der Waals surface area (Å²) in [5.74, 6) is -5.75. The summed E-state index contributed by atoms with van der Waals surface area (Å²) in [6.45, 7) is 6.81. The minimum atomic E-state index is -1.49. The minimum Gasteiger partial charge on any atom is -0.508 e. The number of phenolic OH excluding ortho intramolecular Hbond substituents is 1. The first kappa shape index (κ1) is 30.4. The summed E-state index contributed by atoms with van der Waals surface area (Å²) in [5.41, 5.74) is 6.34. The minimum absolute atomic E-state index is 0.00608. The first-order valence-electron chi connectivity index (χ1n) is 11.7. The average Bonchev–Trinajstić information content (AvgIpc) is 2.81. The Morgan fingerprint density at radius 1 is 0.861 bits per heavy atom. The molecule has 0 aliphatic carbocycles.